The molecule has 1 heteroatoms. The molecule has 0 aliphatic rings. The van der Waals surface area contributed by atoms with Crippen molar-refractivity contribution in [3.05, 3.63) is 47.7 Å². The normalized spacial score (nSPS) is 11.5. The van der Waals surface area contributed by atoms with Gasteiger partial charge in [-0.15, -0.1) is 0 Å². The molecule has 0 N–H and O–H groups in total. The Morgan fingerprint density at radius 2 is 2.08 bits per heavy atom. The van der Waals surface area contributed by atoms with Crippen molar-refractivity contribution < 1.29 is 0 Å². The lowest BCUT2D eigenvalue weighted by Gasteiger charge is -2.06. The van der Waals surface area contributed by atoms with Gasteiger partial charge in [0.25, 0.3) is 0 Å². The standard InChI is InChI=1S/C12H15N/c1-5-13-11(4)12-8-6-7-9(2)10(12)3/h5-8H,1H2,2-4H3. The van der Waals surface area contributed by atoms with E-state index in [0.717, 1.165) is 5.71 Å². The van der Waals surface area contributed by atoms with Crippen molar-refractivity contribution in [3.63, 3.8) is 0 Å². The van der Waals surface area contributed by atoms with Crippen LogP contribution in [-0.2, 0) is 0 Å². The summed E-state index contributed by atoms with van der Waals surface area (Å²) in [7, 11) is 0. The Bertz CT molecular complexity index is 348. The quantitative estimate of drug-likeness (QED) is 0.609. The molecule has 0 aliphatic heterocycles. The summed E-state index contributed by atoms with van der Waals surface area (Å²) in [5.41, 5.74) is 4.83. The van der Waals surface area contributed by atoms with Crippen LogP contribution in [0.1, 0.15) is 23.6 Å². The van der Waals surface area contributed by atoms with Crippen LogP contribution in [0.4, 0.5) is 0 Å². The van der Waals surface area contributed by atoms with Crippen LogP contribution in [0.2, 0.25) is 0 Å². The Morgan fingerprint density at radius 3 is 2.69 bits per heavy atom. The minimum Gasteiger partial charge on any atom is -0.262 e. The van der Waals surface area contributed by atoms with Gasteiger partial charge in [-0.05, 0) is 37.5 Å². The molecule has 0 heterocycles. The molecule has 1 aromatic rings. The molecule has 0 unspecified atom stereocenters. The number of benzene rings is 1. The Labute approximate surface area is 79.8 Å². The van der Waals surface area contributed by atoms with Gasteiger partial charge in [-0.25, -0.2) is 0 Å². The van der Waals surface area contributed by atoms with E-state index in [9.17, 15) is 0 Å². The summed E-state index contributed by atoms with van der Waals surface area (Å²) < 4.78 is 0. The number of aliphatic imine (C=N–C) groups is 1. The molecule has 0 amide bonds. The minimum atomic E-state index is 1.02. The van der Waals surface area contributed by atoms with Crippen LogP contribution in [-0.4, -0.2) is 5.71 Å². The summed E-state index contributed by atoms with van der Waals surface area (Å²) in [5, 5.41) is 0. The fraction of sp³-hybridized carbons (Fsp3) is 0.250. The van der Waals surface area contributed by atoms with Gasteiger partial charge in [0.05, 0.1) is 0 Å². The van der Waals surface area contributed by atoms with Crippen LogP contribution in [0.3, 0.4) is 0 Å². The maximum absolute atomic E-state index is 4.18. The molecule has 1 aromatic carbocycles. The zero-order valence-corrected chi connectivity index (χ0v) is 8.46. The van der Waals surface area contributed by atoms with Crippen molar-refractivity contribution >= 4 is 5.71 Å². The molecular formula is C12H15N. The first-order chi connectivity index (χ1) is 6.16. The van der Waals surface area contributed by atoms with E-state index in [1.54, 1.807) is 6.20 Å². The third kappa shape index (κ3) is 2.05. The molecule has 0 aromatic heterocycles. The smallest absolute Gasteiger partial charge is 0.0447 e. The Balaban J connectivity index is 3.22. The average molecular weight is 173 g/mol. The number of nitrogens with zero attached hydrogens (tertiary/aromatic N) is 1. The van der Waals surface area contributed by atoms with E-state index in [4.69, 9.17) is 0 Å². The van der Waals surface area contributed by atoms with Crippen LogP contribution in [0.5, 0.6) is 0 Å². The average Bonchev–Trinajstić information content (AvgIpc) is 2.10. The Hall–Kier alpha value is -1.37. The molecule has 1 rings (SSSR count). The van der Waals surface area contributed by atoms with Gasteiger partial charge < -0.3 is 0 Å². The minimum absolute atomic E-state index is 1.02. The molecule has 0 atom stereocenters. The van der Waals surface area contributed by atoms with Crippen molar-refractivity contribution in [2.45, 2.75) is 20.8 Å². The molecule has 1 nitrogen and oxygen atoms in total. The van der Waals surface area contributed by atoms with E-state index in [1.807, 2.05) is 6.92 Å². The Kier molecular flexibility index (Phi) is 3.02. The number of hydrogen-bond acceptors (Lipinski definition) is 1. The summed E-state index contributed by atoms with van der Waals surface area (Å²) in [6.45, 7) is 9.82. The molecular weight excluding hydrogens is 158 g/mol. The highest BCUT2D eigenvalue weighted by Gasteiger charge is 2.02. The molecule has 68 valence electrons. The van der Waals surface area contributed by atoms with Crippen molar-refractivity contribution in [2.75, 3.05) is 0 Å². The SMILES string of the molecule is C=CN=C(C)c1cccc(C)c1C. The van der Waals surface area contributed by atoms with Gasteiger partial charge >= 0.3 is 0 Å². The van der Waals surface area contributed by atoms with Crippen LogP contribution >= 0.6 is 0 Å². The first-order valence-corrected chi connectivity index (χ1v) is 4.38. The van der Waals surface area contributed by atoms with Crippen molar-refractivity contribution in [1.29, 1.82) is 0 Å². The van der Waals surface area contributed by atoms with E-state index in [2.05, 4.69) is 43.6 Å². The third-order valence-electron chi connectivity index (χ3n) is 2.28. The van der Waals surface area contributed by atoms with Crippen LogP contribution in [0.25, 0.3) is 0 Å². The molecule has 13 heavy (non-hydrogen) atoms. The summed E-state index contributed by atoms with van der Waals surface area (Å²) in [4.78, 5) is 4.18. The number of aryl methyl sites for hydroxylation is 1. The number of rotatable bonds is 2. The van der Waals surface area contributed by atoms with Gasteiger partial charge in [0, 0.05) is 11.9 Å². The Morgan fingerprint density at radius 1 is 1.38 bits per heavy atom. The van der Waals surface area contributed by atoms with Crippen LogP contribution < -0.4 is 0 Å². The van der Waals surface area contributed by atoms with Crippen LogP contribution in [0.15, 0.2) is 36.0 Å². The maximum Gasteiger partial charge on any atom is 0.0447 e. The van der Waals surface area contributed by atoms with E-state index in [0.29, 0.717) is 0 Å². The monoisotopic (exact) mass is 173 g/mol. The lowest BCUT2D eigenvalue weighted by atomic mass is 10.0. The predicted octanol–water partition coefficient (Wildman–Crippen LogP) is 3.26. The fourth-order valence-corrected chi connectivity index (χ4v) is 1.35. The van der Waals surface area contributed by atoms with Crippen molar-refractivity contribution in [3.8, 4) is 0 Å². The lowest BCUT2D eigenvalue weighted by Crippen LogP contribution is -1.98. The molecule has 0 saturated carbocycles. The van der Waals surface area contributed by atoms with Crippen LogP contribution in [0, 0.1) is 13.8 Å². The maximum atomic E-state index is 4.18. The van der Waals surface area contributed by atoms with E-state index < -0.39 is 0 Å². The predicted molar refractivity (Wildman–Crippen MR) is 58.3 cm³/mol. The number of hydrogen-bond donors (Lipinski definition) is 0. The van der Waals surface area contributed by atoms with Gasteiger partial charge in [0.2, 0.25) is 0 Å². The van der Waals surface area contributed by atoms with Gasteiger partial charge in [-0.2, -0.15) is 0 Å². The summed E-state index contributed by atoms with van der Waals surface area (Å²) >= 11 is 0. The molecule has 0 saturated heterocycles. The second-order valence-corrected chi connectivity index (χ2v) is 3.14. The highest BCUT2D eigenvalue weighted by atomic mass is 14.7. The zero-order chi connectivity index (χ0) is 9.84. The van der Waals surface area contributed by atoms with Crippen molar-refractivity contribution in [1.82, 2.24) is 0 Å². The highest BCUT2D eigenvalue weighted by molar-refractivity contribution is 6.00. The van der Waals surface area contributed by atoms with Gasteiger partial charge in [0.15, 0.2) is 0 Å². The van der Waals surface area contributed by atoms with E-state index in [-0.39, 0.29) is 0 Å². The first-order valence-electron chi connectivity index (χ1n) is 4.38. The van der Waals surface area contributed by atoms with Gasteiger partial charge in [-0.1, -0.05) is 24.8 Å². The fourth-order valence-electron chi connectivity index (χ4n) is 1.35. The van der Waals surface area contributed by atoms with E-state index in [1.165, 1.54) is 16.7 Å². The van der Waals surface area contributed by atoms with Gasteiger partial charge in [-0.3, -0.25) is 4.99 Å². The zero-order valence-electron chi connectivity index (χ0n) is 8.46. The molecule has 0 fully saturated rings. The lowest BCUT2D eigenvalue weighted by molar-refractivity contribution is 1.31. The molecule has 0 aliphatic carbocycles. The summed E-state index contributed by atoms with van der Waals surface area (Å²) in [5.74, 6) is 0. The topological polar surface area (TPSA) is 12.4 Å². The summed E-state index contributed by atoms with van der Waals surface area (Å²) in [6, 6.07) is 6.25. The highest BCUT2D eigenvalue weighted by Crippen LogP contribution is 2.13. The van der Waals surface area contributed by atoms with Gasteiger partial charge in [0.1, 0.15) is 0 Å². The third-order valence-corrected chi connectivity index (χ3v) is 2.28. The summed E-state index contributed by atoms with van der Waals surface area (Å²) in [6.07, 6.45) is 1.58. The molecule has 0 spiro atoms. The molecule has 0 radical (unpaired) electrons. The first kappa shape index (κ1) is 9.72. The van der Waals surface area contributed by atoms with E-state index >= 15 is 0 Å². The van der Waals surface area contributed by atoms with Crippen molar-refractivity contribution in [2.24, 2.45) is 4.99 Å². The largest absolute Gasteiger partial charge is 0.262 e. The second kappa shape index (κ2) is 4.04. The second-order valence-electron chi connectivity index (χ2n) is 3.14. The molecule has 0 bridgehead atoms.